The third-order valence-corrected chi connectivity index (χ3v) is 3.59. The highest BCUT2D eigenvalue weighted by Gasteiger charge is 2.11. The predicted octanol–water partition coefficient (Wildman–Crippen LogP) is 3.64. The van der Waals surface area contributed by atoms with E-state index in [9.17, 15) is 9.90 Å². The number of benzene rings is 1. The zero-order valence-electron chi connectivity index (χ0n) is 10.6. The van der Waals surface area contributed by atoms with Crippen LogP contribution >= 0.6 is 0 Å². The molecule has 1 aromatic carbocycles. The standard InChI is InChI=1S/C16H20O2/c17-15-5-1-3-13(4-2-6-15)7-8-14-9-11-16(18)12-10-14/h1,5,9-13,18H,2-4,6-8H2. The lowest BCUT2D eigenvalue weighted by molar-refractivity contribution is -0.114. The molecule has 0 aliphatic heterocycles. The van der Waals surface area contributed by atoms with Crippen molar-refractivity contribution in [1.29, 1.82) is 0 Å². The predicted molar refractivity (Wildman–Crippen MR) is 72.5 cm³/mol. The van der Waals surface area contributed by atoms with Gasteiger partial charge in [0.1, 0.15) is 5.75 Å². The van der Waals surface area contributed by atoms with Gasteiger partial charge in [0, 0.05) is 6.42 Å². The first-order valence-electron chi connectivity index (χ1n) is 6.71. The topological polar surface area (TPSA) is 37.3 Å². The van der Waals surface area contributed by atoms with E-state index in [2.05, 4.69) is 0 Å². The van der Waals surface area contributed by atoms with Gasteiger partial charge in [-0.05, 0) is 61.8 Å². The third-order valence-electron chi connectivity index (χ3n) is 3.59. The molecule has 96 valence electrons. The van der Waals surface area contributed by atoms with E-state index in [0.29, 0.717) is 18.1 Å². The molecule has 0 heterocycles. The van der Waals surface area contributed by atoms with Crippen molar-refractivity contribution >= 4 is 5.78 Å². The summed E-state index contributed by atoms with van der Waals surface area (Å²) in [5.41, 5.74) is 1.27. The van der Waals surface area contributed by atoms with E-state index in [1.807, 2.05) is 18.2 Å². The Bertz CT molecular complexity index is 417. The highest BCUT2D eigenvalue weighted by molar-refractivity contribution is 5.89. The lowest BCUT2D eigenvalue weighted by atomic mass is 9.89. The number of phenols is 1. The van der Waals surface area contributed by atoms with Crippen LogP contribution in [0.2, 0.25) is 0 Å². The van der Waals surface area contributed by atoms with Gasteiger partial charge < -0.3 is 5.11 Å². The summed E-state index contributed by atoms with van der Waals surface area (Å²) in [5, 5.41) is 9.23. The monoisotopic (exact) mass is 244 g/mol. The van der Waals surface area contributed by atoms with Crippen LogP contribution in [0, 0.1) is 5.92 Å². The van der Waals surface area contributed by atoms with Gasteiger partial charge in [0.05, 0.1) is 0 Å². The minimum Gasteiger partial charge on any atom is -0.508 e. The van der Waals surface area contributed by atoms with Crippen LogP contribution in [0.4, 0.5) is 0 Å². The Kier molecular flexibility index (Phi) is 4.57. The number of ketones is 1. The normalized spacial score (nSPS) is 20.4. The van der Waals surface area contributed by atoms with Crippen molar-refractivity contribution in [3.8, 4) is 5.75 Å². The second kappa shape index (κ2) is 6.39. The van der Waals surface area contributed by atoms with E-state index in [1.165, 1.54) is 5.56 Å². The molecule has 1 aliphatic carbocycles. The number of phenolic OH excluding ortho intramolecular Hbond substituents is 1. The van der Waals surface area contributed by atoms with E-state index in [1.54, 1.807) is 18.2 Å². The van der Waals surface area contributed by atoms with Gasteiger partial charge in [0.2, 0.25) is 0 Å². The Hall–Kier alpha value is -1.57. The molecule has 0 bridgehead atoms. The Labute approximate surface area is 108 Å². The highest BCUT2D eigenvalue weighted by atomic mass is 16.3. The molecule has 0 saturated carbocycles. The Morgan fingerprint density at radius 3 is 2.78 bits per heavy atom. The maximum Gasteiger partial charge on any atom is 0.155 e. The summed E-state index contributed by atoms with van der Waals surface area (Å²) in [6.07, 6.45) is 9.86. The smallest absolute Gasteiger partial charge is 0.155 e. The fraction of sp³-hybridized carbons (Fsp3) is 0.438. The number of aryl methyl sites for hydroxylation is 1. The molecular formula is C16H20O2. The summed E-state index contributed by atoms with van der Waals surface area (Å²) in [6.45, 7) is 0. The summed E-state index contributed by atoms with van der Waals surface area (Å²) in [4.78, 5) is 11.2. The van der Waals surface area contributed by atoms with Crippen LogP contribution in [0.3, 0.4) is 0 Å². The van der Waals surface area contributed by atoms with Crippen molar-refractivity contribution in [2.24, 2.45) is 5.92 Å². The quantitative estimate of drug-likeness (QED) is 0.881. The van der Waals surface area contributed by atoms with Crippen molar-refractivity contribution in [2.75, 3.05) is 0 Å². The molecule has 2 rings (SSSR count). The molecule has 1 aliphatic rings. The zero-order valence-corrected chi connectivity index (χ0v) is 10.6. The van der Waals surface area contributed by atoms with Gasteiger partial charge in [-0.15, -0.1) is 0 Å². The number of carbonyl (C=O) groups excluding carboxylic acids is 1. The second-order valence-electron chi connectivity index (χ2n) is 5.07. The molecule has 2 nitrogen and oxygen atoms in total. The SMILES string of the molecule is O=C1C=CCC(CCc2ccc(O)cc2)CCC1. The number of hydrogen-bond acceptors (Lipinski definition) is 2. The van der Waals surface area contributed by atoms with Crippen LogP contribution in [0.25, 0.3) is 0 Å². The number of hydrogen-bond donors (Lipinski definition) is 1. The van der Waals surface area contributed by atoms with Gasteiger partial charge in [0.15, 0.2) is 5.78 Å². The molecule has 0 radical (unpaired) electrons. The van der Waals surface area contributed by atoms with Gasteiger partial charge in [-0.25, -0.2) is 0 Å². The number of rotatable bonds is 3. The summed E-state index contributed by atoms with van der Waals surface area (Å²) in [7, 11) is 0. The van der Waals surface area contributed by atoms with E-state index in [4.69, 9.17) is 0 Å². The van der Waals surface area contributed by atoms with E-state index < -0.39 is 0 Å². The molecule has 0 amide bonds. The molecule has 1 atom stereocenters. The van der Waals surface area contributed by atoms with Gasteiger partial charge in [-0.1, -0.05) is 18.2 Å². The van der Waals surface area contributed by atoms with Crippen molar-refractivity contribution in [1.82, 2.24) is 0 Å². The molecule has 2 heteroatoms. The van der Waals surface area contributed by atoms with Gasteiger partial charge in [-0.2, -0.15) is 0 Å². The first kappa shape index (κ1) is 12.9. The van der Waals surface area contributed by atoms with Crippen LogP contribution in [0.1, 0.15) is 37.7 Å². The van der Waals surface area contributed by atoms with Crippen LogP contribution in [-0.2, 0) is 11.2 Å². The lowest BCUT2D eigenvalue weighted by Crippen LogP contribution is -2.06. The maximum absolute atomic E-state index is 11.2. The highest BCUT2D eigenvalue weighted by Crippen LogP contribution is 2.22. The van der Waals surface area contributed by atoms with Gasteiger partial charge in [0.25, 0.3) is 0 Å². The zero-order chi connectivity index (χ0) is 12.8. The second-order valence-corrected chi connectivity index (χ2v) is 5.07. The van der Waals surface area contributed by atoms with Gasteiger partial charge >= 0.3 is 0 Å². The van der Waals surface area contributed by atoms with E-state index in [-0.39, 0.29) is 5.78 Å². The van der Waals surface area contributed by atoms with Gasteiger partial charge in [-0.3, -0.25) is 4.79 Å². The molecule has 1 unspecified atom stereocenters. The van der Waals surface area contributed by atoms with Crippen LogP contribution < -0.4 is 0 Å². The van der Waals surface area contributed by atoms with Crippen LogP contribution in [0.5, 0.6) is 5.75 Å². The lowest BCUT2D eigenvalue weighted by Gasteiger charge is -2.16. The number of aromatic hydroxyl groups is 1. The van der Waals surface area contributed by atoms with Crippen molar-refractivity contribution in [3.63, 3.8) is 0 Å². The first-order valence-corrected chi connectivity index (χ1v) is 6.71. The third kappa shape index (κ3) is 4.02. The molecule has 0 saturated heterocycles. The Balaban J connectivity index is 1.84. The summed E-state index contributed by atoms with van der Waals surface area (Å²) in [6, 6.07) is 7.45. The number of allylic oxidation sites excluding steroid dienone is 2. The molecule has 0 spiro atoms. The molecule has 0 fully saturated rings. The molecule has 1 N–H and O–H groups in total. The fourth-order valence-corrected chi connectivity index (χ4v) is 2.45. The minimum atomic E-state index is 0.270. The summed E-state index contributed by atoms with van der Waals surface area (Å²) >= 11 is 0. The maximum atomic E-state index is 11.2. The average Bonchev–Trinajstić information content (AvgIpc) is 2.34. The minimum absolute atomic E-state index is 0.270. The van der Waals surface area contributed by atoms with Crippen LogP contribution in [0.15, 0.2) is 36.4 Å². The number of carbonyl (C=O) groups is 1. The van der Waals surface area contributed by atoms with E-state index in [0.717, 1.165) is 32.1 Å². The van der Waals surface area contributed by atoms with Crippen LogP contribution in [-0.4, -0.2) is 10.9 Å². The van der Waals surface area contributed by atoms with Crippen molar-refractivity contribution in [3.05, 3.63) is 42.0 Å². The Morgan fingerprint density at radius 2 is 2.00 bits per heavy atom. The average molecular weight is 244 g/mol. The van der Waals surface area contributed by atoms with Crippen molar-refractivity contribution in [2.45, 2.75) is 38.5 Å². The molecular weight excluding hydrogens is 224 g/mol. The largest absolute Gasteiger partial charge is 0.508 e. The van der Waals surface area contributed by atoms with Crippen molar-refractivity contribution < 1.29 is 9.90 Å². The summed E-state index contributed by atoms with van der Waals surface area (Å²) < 4.78 is 0. The molecule has 1 aromatic rings. The fourth-order valence-electron chi connectivity index (χ4n) is 2.45. The molecule has 18 heavy (non-hydrogen) atoms. The Morgan fingerprint density at radius 1 is 1.22 bits per heavy atom. The summed E-state index contributed by atoms with van der Waals surface area (Å²) in [5.74, 6) is 1.28. The molecule has 0 aromatic heterocycles. The van der Waals surface area contributed by atoms with E-state index >= 15 is 0 Å². The first-order chi connectivity index (χ1) is 8.74.